The van der Waals surface area contributed by atoms with Crippen molar-refractivity contribution in [3.05, 3.63) is 35.6 Å². The van der Waals surface area contributed by atoms with Gasteiger partial charge in [-0.1, -0.05) is 18.2 Å². The molecule has 0 aromatic heterocycles. The van der Waals surface area contributed by atoms with E-state index in [0.29, 0.717) is 5.56 Å². The average Bonchev–Trinajstić information content (AvgIpc) is 2.73. The Bertz CT molecular complexity index is 424. The van der Waals surface area contributed by atoms with Gasteiger partial charge in [-0.25, -0.2) is 9.18 Å². The molecule has 1 amide bonds. The van der Waals surface area contributed by atoms with Gasteiger partial charge in [0.15, 0.2) is 0 Å². The van der Waals surface area contributed by atoms with Gasteiger partial charge in [0.1, 0.15) is 5.82 Å². The van der Waals surface area contributed by atoms with Gasteiger partial charge >= 0.3 is 6.09 Å². The summed E-state index contributed by atoms with van der Waals surface area (Å²) in [5.74, 6) is -0.844. The molecule has 17 heavy (non-hydrogen) atoms. The molecule has 0 aliphatic carbocycles. The maximum Gasteiger partial charge on any atom is 0.407 e. The average molecular weight is 239 g/mol. The third-order valence-electron chi connectivity index (χ3n) is 3.25. The minimum atomic E-state index is -1.03. The van der Waals surface area contributed by atoms with Crippen molar-refractivity contribution in [3.63, 3.8) is 0 Å². The number of hydrogen-bond donors (Lipinski definition) is 2. The van der Waals surface area contributed by atoms with E-state index in [1.165, 1.54) is 11.0 Å². The van der Waals surface area contributed by atoms with Gasteiger partial charge in [-0.2, -0.15) is 0 Å². The number of carbonyl (C=O) groups is 1. The van der Waals surface area contributed by atoms with Gasteiger partial charge in [-0.3, -0.25) is 0 Å². The van der Waals surface area contributed by atoms with E-state index in [4.69, 9.17) is 5.11 Å². The quantitative estimate of drug-likeness (QED) is 0.822. The van der Waals surface area contributed by atoms with Crippen molar-refractivity contribution in [3.8, 4) is 0 Å². The summed E-state index contributed by atoms with van der Waals surface area (Å²) < 4.78 is 13.6. The maximum absolute atomic E-state index is 13.6. The molecule has 1 heterocycles. The largest absolute Gasteiger partial charge is 0.465 e. The topological polar surface area (TPSA) is 60.8 Å². The van der Waals surface area contributed by atoms with Crippen LogP contribution in [0.1, 0.15) is 11.5 Å². The predicted octanol–water partition coefficient (Wildman–Crippen LogP) is 1.51. The van der Waals surface area contributed by atoms with Crippen molar-refractivity contribution < 1.29 is 19.4 Å². The summed E-state index contributed by atoms with van der Waals surface area (Å²) in [6.45, 7) is 0.356. The number of hydrogen-bond acceptors (Lipinski definition) is 2. The summed E-state index contributed by atoms with van der Waals surface area (Å²) in [5, 5.41) is 18.2. The number of amides is 1. The van der Waals surface area contributed by atoms with Crippen molar-refractivity contribution in [2.45, 2.75) is 5.92 Å². The first-order valence-electron chi connectivity index (χ1n) is 5.46. The van der Waals surface area contributed by atoms with Crippen LogP contribution < -0.4 is 0 Å². The summed E-state index contributed by atoms with van der Waals surface area (Å²) in [4.78, 5) is 12.1. The molecule has 1 saturated heterocycles. The van der Waals surface area contributed by atoms with Crippen LogP contribution in [-0.4, -0.2) is 40.9 Å². The van der Waals surface area contributed by atoms with Crippen LogP contribution in [-0.2, 0) is 0 Å². The minimum Gasteiger partial charge on any atom is -0.465 e. The van der Waals surface area contributed by atoms with Crippen LogP contribution >= 0.6 is 0 Å². The molecule has 1 aliphatic heterocycles. The molecule has 2 atom stereocenters. The van der Waals surface area contributed by atoms with E-state index in [1.54, 1.807) is 18.2 Å². The molecule has 0 spiro atoms. The second-order valence-corrected chi connectivity index (χ2v) is 4.26. The zero-order valence-corrected chi connectivity index (χ0v) is 9.21. The van der Waals surface area contributed by atoms with Gasteiger partial charge in [-0.05, 0) is 11.6 Å². The highest BCUT2D eigenvalue weighted by molar-refractivity contribution is 5.65. The van der Waals surface area contributed by atoms with Gasteiger partial charge in [0, 0.05) is 31.5 Å². The fourth-order valence-electron chi connectivity index (χ4n) is 2.34. The third-order valence-corrected chi connectivity index (χ3v) is 3.25. The molecule has 1 fully saturated rings. The Balaban J connectivity index is 2.26. The molecule has 4 nitrogen and oxygen atoms in total. The Morgan fingerprint density at radius 1 is 1.41 bits per heavy atom. The van der Waals surface area contributed by atoms with Gasteiger partial charge < -0.3 is 15.1 Å². The zero-order chi connectivity index (χ0) is 12.4. The number of rotatable bonds is 2. The number of carboxylic acid groups (broad SMARTS) is 1. The van der Waals surface area contributed by atoms with Crippen LogP contribution in [0.4, 0.5) is 9.18 Å². The third kappa shape index (κ3) is 2.24. The van der Waals surface area contributed by atoms with E-state index >= 15 is 0 Å². The molecule has 2 N–H and O–H groups in total. The molecule has 5 heteroatoms. The Kier molecular flexibility index (Phi) is 3.28. The predicted molar refractivity (Wildman–Crippen MR) is 59.3 cm³/mol. The molecule has 1 aliphatic rings. The first-order valence-corrected chi connectivity index (χ1v) is 5.46. The Morgan fingerprint density at radius 2 is 2.12 bits per heavy atom. The molecule has 0 bridgehead atoms. The normalized spacial score (nSPS) is 24.0. The van der Waals surface area contributed by atoms with Gasteiger partial charge in [0.2, 0.25) is 0 Å². The van der Waals surface area contributed by atoms with E-state index in [0.717, 1.165) is 0 Å². The lowest BCUT2D eigenvalue weighted by Crippen LogP contribution is -2.27. The highest BCUT2D eigenvalue weighted by Gasteiger charge is 2.36. The molecular formula is C12H14FNO3. The van der Waals surface area contributed by atoms with Gasteiger partial charge in [-0.15, -0.1) is 0 Å². The molecule has 1 aromatic carbocycles. The van der Waals surface area contributed by atoms with Crippen molar-refractivity contribution >= 4 is 6.09 Å². The van der Waals surface area contributed by atoms with Crippen LogP contribution in [0.2, 0.25) is 0 Å². The first kappa shape index (κ1) is 11.9. The zero-order valence-electron chi connectivity index (χ0n) is 9.21. The highest BCUT2D eigenvalue weighted by atomic mass is 19.1. The maximum atomic E-state index is 13.6. The summed E-state index contributed by atoms with van der Waals surface area (Å²) in [7, 11) is 0. The number of aliphatic hydroxyl groups excluding tert-OH is 1. The smallest absolute Gasteiger partial charge is 0.407 e. The van der Waals surface area contributed by atoms with Crippen molar-refractivity contribution in [1.29, 1.82) is 0 Å². The Labute approximate surface area is 98.3 Å². The number of likely N-dealkylation sites (tertiary alicyclic amines) is 1. The number of halogens is 1. The fraction of sp³-hybridized carbons (Fsp3) is 0.417. The highest BCUT2D eigenvalue weighted by Crippen LogP contribution is 2.33. The second-order valence-electron chi connectivity index (χ2n) is 4.26. The van der Waals surface area contributed by atoms with Gasteiger partial charge in [0.25, 0.3) is 0 Å². The van der Waals surface area contributed by atoms with Crippen molar-refractivity contribution in [1.82, 2.24) is 4.90 Å². The lowest BCUT2D eigenvalue weighted by molar-refractivity contribution is 0.150. The minimum absolute atomic E-state index is 0.136. The molecule has 0 unspecified atom stereocenters. The van der Waals surface area contributed by atoms with E-state index in [-0.39, 0.29) is 37.3 Å². The lowest BCUT2D eigenvalue weighted by atomic mass is 9.89. The molecule has 0 saturated carbocycles. The van der Waals surface area contributed by atoms with Crippen molar-refractivity contribution in [2.24, 2.45) is 5.92 Å². The van der Waals surface area contributed by atoms with E-state index < -0.39 is 6.09 Å². The van der Waals surface area contributed by atoms with Gasteiger partial charge in [0.05, 0.1) is 0 Å². The van der Waals surface area contributed by atoms with E-state index in [1.807, 2.05) is 0 Å². The SMILES string of the molecule is O=C(O)N1C[C@H](CO)[C@@H](c2ccccc2F)C1. The molecule has 0 radical (unpaired) electrons. The lowest BCUT2D eigenvalue weighted by Gasteiger charge is -2.16. The van der Waals surface area contributed by atoms with Crippen LogP contribution in [0.15, 0.2) is 24.3 Å². The molecule has 1 aromatic rings. The monoisotopic (exact) mass is 239 g/mol. The standard InChI is InChI=1S/C12H14FNO3/c13-11-4-2-1-3-9(11)10-6-14(12(16)17)5-8(10)7-15/h1-4,8,10,15H,5-7H2,(H,16,17)/t8-,10+/m1/s1. The second kappa shape index (κ2) is 4.71. The summed E-state index contributed by atoms with van der Waals surface area (Å²) in [5.41, 5.74) is 0.482. The van der Waals surface area contributed by atoms with Crippen LogP contribution in [0.5, 0.6) is 0 Å². The first-order chi connectivity index (χ1) is 8.13. The molecule has 2 rings (SSSR count). The Morgan fingerprint density at radius 3 is 2.71 bits per heavy atom. The van der Waals surface area contributed by atoms with Crippen LogP contribution in [0, 0.1) is 11.7 Å². The number of aliphatic hydroxyl groups is 1. The van der Waals surface area contributed by atoms with Crippen molar-refractivity contribution in [2.75, 3.05) is 19.7 Å². The molecular weight excluding hydrogens is 225 g/mol. The number of benzene rings is 1. The fourth-order valence-corrected chi connectivity index (χ4v) is 2.34. The summed E-state index contributed by atoms with van der Waals surface area (Å²) in [6.07, 6.45) is -1.03. The number of nitrogens with zero attached hydrogens (tertiary/aromatic N) is 1. The summed E-state index contributed by atoms with van der Waals surface area (Å²) >= 11 is 0. The molecule has 92 valence electrons. The van der Waals surface area contributed by atoms with Crippen LogP contribution in [0.25, 0.3) is 0 Å². The van der Waals surface area contributed by atoms with Crippen LogP contribution in [0.3, 0.4) is 0 Å². The van der Waals surface area contributed by atoms with E-state index in [9.17, 15) is 14.3 Å². The Hall–Kier alpha value is -1.62. The summed E-state index contributed by atoms with van der Waals surface area (Å²) in [6, 6.07) is 6.31. The van der Waals surface area contributed by atoms with E-state index in [2.05, 4.69) is 0 Å².